The van der Waals surface area contributed by atoms with E-state index in [4.69, 9.17) is 17.3 Å². The average Bonchev–Trinajstić information content (AvgIpc) is 2.19. The van der Waals surface area contributed by atoms with Gasteiger partial charge in [0, 0.05) is 13.1 Å². The van der Waals surface area contributed by atoms with Crippen molar-refractivity contribution in [2.24, 2.45) is 11.8 Å². The van der Waals surface area contributed by atoms with E-state index in [2.05, 4.69) is 42.6 Å². The van der Waals surface area contributed by atoms with Gasteiger partial charge in [0.05, 0.1) is 0 Å². The molecule has 2 N–H and O–H groups in total. The first-order valence-corrected chi connectivity index (χ1v) is 6.30. The fourth-order valence-corrected chi connectivity index (χ4v) is 1.87. The highest BCUT2D eigenvalue weighted by Crippen LogP contribution is 2.26. The number of hydrogen-bond acceptors (Lipinski definition) is 4. The number of nitrogens with zero attached hydrogens (tertiary/aromatic N) is 3. The van der Waals surface area contributed by atoms with Gasteiger partial charge in [0.2, 0.25) is 0 Å². The van der Waals surface area contributed by atoms with Crippen molar-refractivity contribution < 1.29 is 0 Å². The Kier molecular flexibility index (Phi) is 5.00. The second kappa shape index (κ2) is 6.05. The monoisotopic (exact) mass is 256 g/mol. The van der Waals surface area contributed by atoms with Gasteiger partial charge in [0.15, 0.2) is 11.0 Å². The Morgan fingerprint density at radius 2 is 1.71 bits per heavy atom. The van der Waals surface area contributed by atoms with Crippen LogP contribution in [0.25, 0.3) is 0 Å². The summed E-state index contributed by atoms with van der Waals surface area (Å²) in [5, 5.41) is 0.326. The third-order valence-electron chi connectivity index (χ3n) is 2.28. The molecule has 4 nitrogen and oxygen atoms in total. The van der Waals surface area contributed by atoms with Crippen LogP contribution in [0.1, 0.15) is 27.7 Å². The minimum absolute atomic E-state index is 0.326. The molecule has 0 saturated heterocycles. The number of hydrogen-bond donors (Lipinski definition) is 1. The maximum atomic E-state index is 5.94. The molecule has 0 aliphatic rings. The van der Waals surface area contributed by atoms with Crippen LogP contribution >= 0.6 is 11.6 Å². The van der Waals surface area contributed by atoms with Gasteiger partial charge in [0.1, 0.15) is 12.0 Å². The molecule has 0 spiro atoms. The van der Waals surface area contributed by atoms with Crippen molar-refractivity contribution in [2.75, 3.05) is 23.7 Å². The fourth-order valence-electron chi connectivity index (χ4n) is 1.75. The van der Waals surface area contributed by atoms with Crippen LogP contribution in [0.2, 0.25) is 5.15 Å². The summed E-state index contributed by atoms with van der Waals surface area (Å²) in [5.41, 5.74) is 6.40. The molecule has 0 aromatic carbocycles. The molecule has 1 rings (SSSR count). The largest absolute Gasteiger partial charge is 0.393 e. The van der Waals surface area contributed by atoms with Gasteiger partial charge in [-0.15, -0.1) is 0 Å². The number of rotatable bonds is 5. The Balaban J connectivity index is 2.99. The van der Waals surface area contributed by atoms with E-state index in [9.17, 15) is 0 Å². The molecule has 0 radical (unpaired) electrons. The molecule has 17 heavy (non-hydrogen) atoms. The summed E-state index contributed by atoms with van der Waals surface area (Å²) in [6, 6.07) is 0. The zero-order valence-corrected chi connectivity index (χ0v) is 11.7. The first kappa shape index (κ1) is 14.0. The molecule has 96 valence electrons. The van der Waals surface area contributed by atoms with Crippen molar-refractivity contribution in [3.05, 3.63) is 11.5 Å². The molecule has 1 aromatic rings. The van der Waals surface area contributed by atoms with Gasteiger partial charge in [-0.2, -0.15) is 0 Å². The number of aromatic nitrogens is 2. The highest BCUT2D eigenvalue weighted by Gasteiger charge is 2.16. The van der Waals surface area contributed by atoms with Crippen LogP contribution in [-0.4, -0.2) is 23.1 Å². The summed E-state index contributed by atoms with van der Waals surface area (Å²) in [7, 11) is 0. The molecule has 5 heteroatoms. The number of anilines is 2. The van der Waals surface area contributed by atoms with Crippen molar-refractivity contribution >= 4 is 23.1 Å². The maximum absolute atomic E-state index is 5.94. The van der Waals surface area contributed by atoms with E-state index in [-0.39, 0.29) is 0 Å². The van der Waals surface area contributed by atoms with E-state index < -0.39 is 0 Å². The molecule has 0 aliphatic heterocycles. The summed E-state index contributed by atoms with van der Waals surface area (Å²) in [5.74, 6) is 1.83. The van der Waals surface area contributed by atoms with Crippen LogP contribution in [0, 0.1) is 11.8 Å². The van der Waals surface area contributed by atoms with Crippen LogP contribution in [0.15, 0.2) is 6.33 Å². The summed E-state index contributed by atoms with van der Waals surface area (Å²) < 4.78 is 0. The van der Waals surface area contributed by atoms with Crippen molar-refractivity contribution in [3.8, 4) is 0 Å². The average molecular weight is 257 g/mol. The molecule has 0 atom stereocenters. The third-order valence-corrected chi connectivity index (χ3v) is 2.59. The van der Waals surface area contributed by atoms with E-state index in [1.54, 1.807) is 0 Å². The Morgan fingerprint density at radius 1 is 1.18 bits per heavy atom. The highest BCUT2D eigenvalue weighted by atomic mass is 35.5. The lowest BCUT2D eigenvalue weighted by molar-refractivity contribution is 0.549. The predicted molar refractivity (Wildman–Crippen MR) is 73.3 cm³/mol. The predicted octanol–water partition coefficient (Wildman–Crippen LogP) is 2.83. The number of nitrogens with two attached hydrogens (primary N) is 1. The first-order chi connectivity index (χ1) is 7.91. The van der Waals surface area contributed by atoms with Gasteiger partial charge in [0.25, 0.3) is 0 Å². The van der Waals surface area contributed by atoms with Gasteiger partial charge in [-0.1, -0.05) is 39.3 Å². The zero-order chi connectivity index (χ0) is 13.0. The number of halogens is 1. The molecule has 0 amide bonds. The van der Waals surface area contributed by atoms with Crippen molar-refractivity contribution in [3.63, 3.8) is 0 Å². The standard InChI is InChI=1S/C12H21ClN4/c1-8(2)5-17(6-9(3)4)12-10(14)11(13)15-7-16-12/h7-9H,5-6,14H2,1-4H3. The quantitative estimate of drug-likeness (QED) is 0.823. The molecule has 1 aromatic heterocycles. The molecule has 1 heterocycles. The Labute approximate surface area is 108 Å². The van der Waals surface area contributed by atoms with Crippen LogP contribution in [0.4, 0.5) is 11.5 Å². The van der Waals surface area contributed by atoms with Gasteiger partial charge in [-0.25, -0.2) is 9.97 Å². The van der Waals surface area contributed by atoms with E-state index in [1.807, 2.05) is 0 Å². The molecule has 0 saturated carbocycles. The molecule has 0 unspecified atom stereocenters. The van der Waals surface area contributed by atoms with Crippen LogP contribution in [0.5, 0.6) is 0 Å². The van der Waals surface area contributed by atoms with E-state index in [0.717, 1.165) is 18.9 Å². The van der Waals surface area contributed by atoms with Crippen LogP contribution in [0.3, 0.4) is 0 Å². The smallest absolute Gasteiger partial charge is 0.157 e. The molecular weight excluding hydrogens is 236 g/mol. The molecule has 0 aliphatic carbocycles. The van der Waals surface area contributed by atoms with Crippen LogP contribution < -0.4 is 10.6 Å². The lowest BCUT2D eigenvalue weighted by Gasteiger charge is -2.28. The Hall–Kier alpha value is -1.03. The molecular formula is C12H21ClN4. The third kappa shape index (κ3) is 4.04. The highest BCUT2D eigenvalue weighted by molar-refractivity contribution is 6.32. The summed E-state index contributed by atoms with van der Waals surface area (Å²) >= 11 is 5.93. The zero-order valence-electron chi connectivity index (χ0n) is 10.9. The first-order valence-electron chi connectivity index (χ1n) is 5.92. The van der Waals surface area contributed by atoms with Crippen LogP contribution in [-0.2, 0) is 0 Å². The van der Waals surface area contributed by atoms with E-state index in [1.165, 1.54) is 6.33 Å². The van der Waals surface area contributed by atoms with Gasteiger partial charge >= 0.3 is 0 Å². The summed E-state index contributed by atoms with van der Waals surface area (Å²) in [6.45, 7) is 10.5. The van der Waals surface area contributed by atoms with Crippen molar-refractivity contribution in [1.29, 1.82) is 0 Å². The van der Waals surface area contributed by atoms with E-state index >= 15 is 0 Å². The van der Waals surface area contributed by atoms with Crippen molar-refractivity contribution in [2.45, 2.75) is 27.7 Å². The topological polar surface area (TPSA) is 55.0 Å². The van der Waals surface area contributed by atoms with Gasteiger partial charge in [-0.05, 0) is 11.8 Å². The minimum atomic E-state index is 0.326. The van der Waals surface area contributed by atoms with Crippen molar-refractivity contribution in [1.82, 2.24) is 9.97 Å². The molecule has 0 bridgehead atoms. The van der Waals surface area contributed by atoms with Gasteiger partial charge < -0.3 is 10.6 Å². The second-order valence-electron chi connectivity index (χ2n) is 5.09. The summed E-state index contributed by atoms with van der Waals surface area (Å²) in [6.07, 6.45) is 1.46. The Morgan fingerprint density at radius 3 is 2.18 bits per heavy atom. The fraction of sp³-hybridized carbons (Fsp3) is 0.667. The maximum Gasteiger partial charge on any atom is 0.157 e. The SMILES string of the molecule is CC(C)CN(CC(C)C)c1ncnc(Cl)c1N. The lowest BCUT2D eigenvalue weighted by Crippen LogP contribution is -2.32. The van der Waals surface area contributed by atoms with E-state index in [0.29, 0.717) is 22.7 Å². The lowest BCUT2D eigenvalue weighted by atomic mass is 10.1. The second-order valence-corrected chi connectivity index (χ2v) is 5.45. The Bertz CT molecular complexity index is 356. The number of nitrogen functional groups attached to an aromatic ring is 1. The normalized spacial score (nSPS) is 11.2. The summed E-state index contributed by atoms with van der Waals surface area (Å²) in [4.78, 5) is 10.3. The van der Waals surface area contributed by atoms with Gasteiger partial charge in [-0.3, -0.25) is 0 Å². The molecule has 0 fully saturated rings. The minimum Gasteiger partial charge on any atom is -0.393 e.